The molecule has 0 aliphatic carbocycles. The van der Waals surface area contributed by atoms with E-state index in [4.69, 9.17) is 0 Å². The van der Waals surface area contributed by atoms with E-state index in [1.807, 2.05) is 49.1 Å². The molecule has 2 aliphatic rings. The van der Waals surface area contributed by atoms with Crippen LogP contribution in [-0.2, 0) is 4.79 Å². The molecule has 2 aliphatic heterocycles. The van der Waals surface area contributed by atoms with Crippen LogP contribution in [0.1, 0.15) is 54.9 Å². The van der Waals surface area contributed by atoms with Crippen molar-refractivity contribution in [3.05, 3.63) is 54.6 Å². The van der Waals surface area contributed by atoms with E-state index in [0.29, 0.717) is 36.5 Å². The van der Waals surface area contributed by atoms with Gasteiger partial charge >= 0.3 is 0 Å². The highest BCUT2D eigenvalue weighted by Gasteiger charge is 2.43. The van der Waals surface area contributed by atoms with Crippen molar-refractivity contribution < 1.29 is 9.59 Å². The van der Waals surface area contributed by atoms with Crippen LogP contribution < -0.4 is 0 Å². The van der Waals surface area contributed by atoms with Gasteiger partial charge in [0.2, 0.25) is 5.91 Å². The number of carbonyl (C=O) groups excluding carboxylic acids is 2. The van der Waals surface area contributed by atoms with Crippen molar-refractivity contribution >= 4 is 11.7 Å². The van der Waals surface area contributed by atoms with E-state index in [-0.39, 0.29) is 11.7 Å². The van der Waals surface area contributed by atoms with Crippen molar-refractivity contribution in [2.24, 2.45) is 0 Å². The van der Waals surface area contributed by atoms with Gasteiger partial charge in [-0.15, -0.1) is 0 Å². The zero-order valence-corrected chi connectivity index (χ0v) is 14.3. The molecule has 1 aromatic carbocycles. The first kappa shape index (κ1) is 16.1. The van der Waals surface area contributed by atoms with Gasteiger partial charge in [0.1, 0.15) is 0 Å². The number of ketones is 1. The van der Waals surface area contributed by atoms with E-state index in [1.54, 1.807) is 0 Å². The number of Topliss-reactive ketones (excluding diaryl/α,β-unsaturated/α-hetero) is 1. The van der Waals surface area contributed by atoms with Crippen LogP contribution in [0.4, 0.5) is 0 Å². The first-order valence-corrected chi connectivity index (χ1v) is 9.09. The van der Waals surface area contributed by atoms with E-state index in [9.17, 15) is 9.59 Å². The molecule has 4 rings (SSSR count). The molecule has 1 amide bonds. The van der Waals surface area contributed by atoms with E-state index in [0.717, 1.165) is 25.7 Å². The second kappa shape index (κ2) is 6.82. The number of aromatic nitrogens is 2. The Morgan fingerprint density at radius 2 is 1.72 bits per heavy atom. The Kier molecular flexibility index (Phi) is 4.38. The fourth-order valence-corrected chi connectivity index (χ4v) is 4.40. The summed E-state index contributed by atoms with van der Waals surface area (Å²) in [5, 5.41) is 0. The molecule has 2 saturated heterocycles. The molecule has 2 fully saturated rings. The maximum absolute atomic E-state index is 12.7. The van der Waals surface area contributed by atoms with Crippen LogP contribution in [0.15, 0.2) is 49.1 Å². The molecule has 2 atom stereocenters. The second-order valence-corrected chi connectivity index (χ2v) is 7.11. The van der Waals surface area contributed by atoms with E-state index in [1.165, 1.54) is 0 Å². The molecule has 2 unspecified atom stereocenters. The third-order valence-electron chi connectivity index (χ3n) is 5.60. The second-order valence-electron chi connectivity index (χ2n) is 7.11. The number of hydrogen-bond acceptors (Lipinski definition) is 3. The molecule has 5 nitrogen and oxygen atoms in total. The van der Waals surface area contributed by atoms with Crippen molar-refractivity contribution in [3.63, 3.8) is 0 Å². The van der Waals surface area contributed by atoms with Crippen LogP contribution in [0.3, 0.4) is 0 Å². The average Bonchev–Trinajstić information content (AvgIpc) is 3.27. The van der Waals surface area contributed by atoms with Crippen molar-refractivity contribution in [3.8, 4) is 0 Å². The minimum absolute atomic E-state index is 0.0506. The summed E-state index contributed by atoms with van der Waals surface area (Å²) in [6.45, 7) is 0. The van der Waals surface area contributed by atoms with E-state index in [2.05, 4.69) is 14.5 Å². The van der Waals surface area contributed by atoms with Crippen molar-refractivity contribution in [1.29, 1.82) is 0 Å². The summed E-state index contributed by atoms with van der Waals surface area (Å²) >= 11 is 0. The number of hydrogen-bond donors (Lipinski definition) is 0. The predicted molar refractivity (Wildman–Crippen MR) is 94.2 cm³/mol. The SMILES string of the molecule is O=C(CCC(=O)N1C2CCC1CC(n1ccnc1)C2)c1ccccc1. The lowest BCUT2D eigenvalue weighted by Gasteiger charge is -2.39. The fraction of sp³-hybridized carbons (Fsp3) is 0.450. The molecular formula is C20H23N3O2. The Balaban J connectivity index is 1.36. The molecule has 3 heterocycles. The van der Waals surface area contributed by atoms with Gasteiger partial charge in [0.15, 0.2) is 5.78 Å². The summed E-state index contributed by atoms with van der Waals surface area (Å²) in [5.74, 6) is 0.190. The third-order valence-corrected chi connectivity index (χ3v) is 5.60. The Morgan fingerprint density at radius 3 is 2.36 bits per heavy atom. The highest BCUT2D eigenvalue weighted by Crippen LogP contribution is 2.41. The molecule has 0 N–H and O–H groups in total. The minimum atomic E-state index is 0.0506. The Hall–Kier alpha value is -2.43. The maximum atomic E-state index is 12.7. The normalized spacial score (nSPS) is 25.1. The van der Waals surface area contributed by atoms with Crippen molar-refractivity contribution in [2.45, 2.75) is 56.7 Å². The predicted octanol–water partition coefficient (Wildman–Crippen LogP) is 3.24. The van der Waals surface area contributed by atoms with Gasteiger partial charge in [0, 0.05) is 48.9 Å². The molecule has 1 aromatic heterocycles. The van der Waals surface area contributed by atoms with Crippen molar-refractivity contribution in [1.82, 2.24) is 14.5 Å². The van der Waals surface area contributed by atoms with Gasteiger partial charge in [-0.3, -0.25) is 9.59 Å². The number of piperidine rings is 1. The fourth-order valence-electron chi connectivity index (χ4n) is 4.40. The lowest BCUT2D eigenvalue weighted by atomic mass is 9.96. The number of fused-ring (bicyclic) bond motifs is 2. The Labute approximate surface area is 147 Å². The van der Waals surface area contributed by atoms with Crippen molar-refractivity contribution in [2.75, 3.05) is 0 Å². The monoisotopic (exact) mass is 337 g/mol. The van der Waals surface area contributed by atoms with Crippen LogP contribution in [0.5, 0.6) is 0 Å². The summed E-state index contributed by atoms with van der Waals surface area (Å²) in [6.07, 6.45) is 10.5. The zero-order chi connectivity index (χ0) is 17.2. The van der Waals surface area contributed by atoms with Gasteiger partial charge in [0.05, 0.1) is 6.33 Å². The molecule has 25 heavy (non-hydrogen) atoms. The molecule has 0 spiro atoms. The lowest BCUT2D eigenvalue weighted by molar-refractivity contribution is -0.136. The van der Waals surface area contributed by atoms with Gasteiger partial charge in [-0.25, -0.2) is 4.98 Å². The number of imidazole rings is 1. The van der Waals surface area contributed by atoms with Crippen LogP contribution in [0, 0.1) is 0 Å². The molecule has 2 bridgehead atoms. The largest absolute Gasteiger partial charge is 0.337 e. The molecule has 5 heteroatoms. The van der Waals surface area contributed by atoms with E-state index >= 15 is 0 Å². The quantitative estimate of drug-likeness (QED) is 0.787. The van der Waals surface area contributed by atoms with E-state index < -0.39 is 0 Å². The summed E-state index contributed by atoms with van der Waals surface area (Å²) < 4.78 is 2.17. The molecule has 0 radical (unpaired) electrons. The van der Waals surface area contributed by atoms with Gasteiger partial charge in [-0.05, 0) is 25.7 Å². The van der Waals surface area contributed by atoms with Gasteiger partial charge in [-0.2, -0.15) is 0 Å². The number of benzene rings is 1. The van der Waals surface area contributed by atoms with Crippen LogP contribution in [-0.4, -0.2) is 38.2 Å². The number of rotatable bonds is 5. The number of carbonyl (C=O) groups is 2. The highest BCUT2D eigenvalue weighted by atomic mass is 16.2. The molecule has 2 aromatic rings. The number of amides is 1. The average molecular weight is 337 g/mol. The molecule has 0 saturated carbocycles. The molecule has 130 valence electrons. The standard InChI is InChI=1S/C20H23N3O2/c24-19(15-4-2-1-3-5-15)8-9-20(25)23-16-6-7-17(23)13-18(12-16)22-11-10-21-14-22/h1-5,10-11,14,16-18H,6-9,12-13H2. The maximum Gasteiger partial charge on any atom is 0.223 e. The third kappa shape index (κ3) is 3.23. The van der Waals surface area contributed by atoms with Gasteiger partial charge in [-0.1, -0.05) is 30.3 Å². The Morgan fingerprint density at radius 1 is 1.00 bits per heavy atom. The lowest BCUT2D eigenvalue weighted by Crippen LogP contribution is -2.46. The first-order chi connectivity index (χ1) is 12.2. The van der Waals surface area contributed by atoms with Crippen LogP contribution >= 0.6 is 0 Å². The Bertz CT molecular complexity index is 728. The summed E-state index contributed by atoms with van der Waals surface area (Å²) in [4.78, 5) is 31.2. The van der Waals surface area contributed by atoms with Crippen LogP contribution in [0.25, 0.3) is 0 Å². The minimum Gasteiger partial charge on any atom is -0.337 e. The summed E-state index contributed by atoms with van der Waals surface area (Å²) in [6, 6.07) is 10.3. The summed E-state index contributed by atoms with van der Waals surface area (Å²) in [5.41, 5.74) is 0.692. The zero-order valence-electron chi connectivity index (χ0n) is 14.3. The number of nitrogens with zero attached hydrogens (tertiary/aromatic N) is 3. The molecular weight excluding hydrogens is 314 g/mol. The van der Waals surface area contributed by atoms with Gasteiger partial charge < -0.3 is 9.47 Å². The topological polar surface area (TPSA) is 55.2 Å². The first-order valence-electron chi connectivity index (χ1n) is 9.09. The van der Waals surface area contributed by atoms with Gasteiger partial charge in [0.25, 0.3) is 0 Å². The summed E-state index contributed by atoms with van der Waals surface area (Å²) in [7, 11) is 0. The van der Waals surface area contributed by atoms with Crippen LogP contribution in [0.2, 0.25) is 0 Å². The smallest absolute Gasteiger partial charge is 0.223 e. The highest BCUT2D eigenvalue weighted by molar-refractivity contribution is 5.98.